The van der Waals surface area contributed by atoms with Gasteiger partial charge in [0.15, 0.2) is 0 Å². The zero-order valence-electron chi connectivity index (χ0n) is 14.3. The average Bonchev–Trinajstić information content (AvgIpc) is 3.31. The number of pyridine rings is 1. The first-order valence-corrected chi connectivity index (χ1v) is 8.67. The van der Waals surface area contributed by atoms with E-state index in [1.165, 1.54) is 12.8 Å². The summed E-state index contributed by atoms with van der Waals surface area (Å²) in [4.78, 5) is 9.10. The van der Waals surface area contributed by atoms with E-state index in [1.807, 2.05) is 24.4 Å². The van der Waals surface area contributed by atoms with Crippen molar-refractivity contribution in [2.24, 2.45) is 0 Å². The molecule has 0 amide bonds. The van der Waals surface area contributed by atoms with Gasteiger partial charge in [-0.05, 0) is 31.0 Å². The Kier molecular flexibility index (Phi) is 4.31. The molecule has 0 aromatic carbocycles. The molecule has 1 saturated carbocycles. The van der Waals surface area contributed by atoms with E-state index in [4.69, 9.17) is 9.26 Å². The van der Waals surface area contributed by atoms with Crippen molar-refractivity contribution in [2.75, 3.05) is 7.11 Å². The van der Waals surface area contributed by atoms with Crippen LogP contribution in [0.2, 0.25) is 0 Å². The minimum absolute atomic E-state index is 0.460. The number of aromatic nitrogens is 5. The number of methoxy groups -OCH3 is 1. The number of nitrogens with zero attached hydrogens (tertiary/aromatic N) is 5. The van der Waals surface area contributed by atoms with E-state index in [9.17, 15) is 0 Å². The molecule has 0 aliphatic heterocycles. The van der Waals surface area contributed by atoms with Crippen LogP contribution in [-0.4, -0.2) is 32.0 Å². The summed E-state index contributed by atoms with van der Waals surface area (Å²) in [5.41, 5.74) is 0.968. The van der Waals surface area contributed by atoms with Gasteiger partial charge in [0.1, 0.15) is 11.3 Å². The molecule has 3 aromatic rings. The molecule has 130 valence electrons. The molecule has 25 heavy (non-hydrogen) atoms. The van der Waals surface area contributed by atoms with Crippen LogP contribution in [0.4, 0.5) is 0 Å². The van der Waals surface area contributed by atoms with E-state index >= 15 is 0 Å². The van der Waals surface area contributed by atoms with Crippen molar-refractivity contribution in [3.63, 3.8) is 0 Å². The van der Waals surface area contributed by atoms with E-state index in [0.717, 1.165) is 31.4 Å². The SMILES string of the molecule is COC1(c2nc(-c3ncccc3-n3cccn3)no2)CCCCCC1. The summed E-state index contributed by atoms with van der Waals surface area (Å²) >= 11 is 0. The fraction of sp³-hybridized carbons (Fsp3) is 0.444. The average molecular weight is 339 g/mol. The highest BCUT2D eigenvalue weighted by atomic mass is 16.5. The molecule has 3 heterocycles. The molecule has 0 N–H and O–H groups in total. The van der Waals surface area contributed by atoms with Crippen LogP contribution >= 0.6 is 0 Å². The van der Waals surface area contributed by atoms with Crippen molar-refractivity contribution >= 4 is 0 Å². The van der Waals surface area contributed by atoms with Gasteiger partial charge >= 0.3 is 0 Å². The molecule has 7 nitrogen and oxygen atoms in total. The summed E-state index contributed by atoms with van der Waals surface area (Å²) in [6.45, 7) is 0. The van der Waals surface area contributed by atoms with Gasteiger partial charge in [-0.25, -0.2) is 4.68 Å². The van der Waals surface area contributed by atoms with E-state index in [-0.39, 0.29) is 0 Å². The lowest BCUT2D eigenvalue weighted by Crippen LogP contribution is -2.28. The number of hydrogen-bond acceptors (Lipinski definition) is 6. The second kappa shape index (κ2) is 6.76. The second-order valence-electron chi connectivity index (χ2n) is 6.36. The van der Waals surface area contributed by atoms with Gasteiger partial charge in [0.2, 0.25) is 5.82 Å². The molecule has 3 aromatic heterocycles. The Bertz CT molecular complexity index is 820. The molecule has 0 unspecified atom stereocenters. The molecular weight excluding hydrogens is 318 g/mol. The minimum Gasteiger partial charge on any atom is -0.368 e. The van der Waals surface area contributed by atoms with Gasteiger partial charge in [-0.15, -0.1) is 0 Å². The minimum atomic E-state index is -0.484. The van der Waals surface area contributed by atoms with Crippen molar-refractivity contribution in [1.29, 1.82) is 0 Å². The predicted octanol–water partition coefficient (Wildman–Crippen LogP) is 3.51. The topological polar surface area (TPSA) is 78.9 Å². The van der Waals surface area contributed by atoms with Gasteiger partial charge in [-0.1, -0.05) is 30.8 Å². The molecule has 0 bridgehead atoms. The molecule has 4 rings (SSSR count). The summed E-state index contributed by atoms with van der Waals surface area (Å²) in [6, 6.07) is 5.66. The Morgan fingerprint density at radius 1 is 1.12 bits per heavy atom. The Morgan fingerprint density at radius 3 is 2.68 bits per heavy atom. The lowest BCUT2D eigenvalue weighted by molar-refractivity contribution is -0.0520. The first kappa shape index (κ1) is 16.0. The number of ether oxygens (including phenoxy) is 1. The maximum atomic E-state index is 5.86. The molecule has 1 aliphatic carbocycles. The predicted molar refractivity (Wildman–Crippen MR) is 91.0 cm³/mol. The molecule has 1 aliphatic rings. The highest BCUT2D eigenvalue weighted by molar-refractivity contribution is 5.61. The smallest absolute Gasteiger partial charge is 0.259 e. The molecule has 0 atom stereocenters. The first-order chi connectivity index (χ1) is 12.3. The summed E-state index contributed by atoms with van der Waals surface area (Å²) < 4.78 is 13.2. The van der Waals surface area contributed by atoms with Crippen LogP contribution in [0.25, 0.3) is 17.2 Å². The molecule has 7 heteroatoms. The fourth-order valence-corrected chi connectivity index (χ4v) is 3.47. The number of rotatable bonds is 4. The number of hydrogen-bond donors (Lipinski definition) is 0. The zero-order valence-corrected chi connectivity index (χ0v) is 14.3. The Hall–Kier alpha value is -2.54. The molecule has 0 radical (unpaired) electrons. The largest absolute Gasteiger partial charge is 0.368 e. The summed E-state index contributed by atoms with van der Waals surface area (Å²) in [7, 11) is 1.73. The monoisotopic (exact) mass is 339 g/mol. The van der Waals surface area contributed by atoms with Gasteiger partial charge in [0.25, 0.3) is 5.89 Å². The van der Waals surface area contributed by atoms with Crippen LogP contribution in [0.5, 0.6) is 0 Å². The van der Waals surface area contributed by atoms with Crippen LogP contribution < -0.4 is 0 Å². The molecule has 1 fully saturated rings. The van der Waals surface area contributed by atoms with Crippen molar-refractivity contribution in [3.8, 4) is 17.2 Å². The quantitative estimate of drug-likeness (QED) is 0.677. The highest BCUT2D eigenvalue weighted by Crippen LogP contribution is 2.38. The first-order valence-electron chi connectivity index (χ1n) is 8.67. The van der Waals surface area contributed by atoms with Gasteiger partial charge < -0.3 is 9.26 Å². The zero-order chi connectivity index (χ0) is 17.1. The van der Waals surface area contributed by atoms with Crippen molar-refractivity contribution in [1.82, 2.24) is 24.9 Å². The van der Waals surface area contributed by atoms with Crippen LogP contribution in [0, 0.1) is 0 Å². The molecule has 0 saturated heterocycles. The summed E-state index contributed by atoms with van der Waals surface area (Å²) in [6.07, 6.45) is 11.8. The van der Waals surface area contributed by atoms with E-state index in [1.54, 1.807) is 24.2 Å². The van der Waals surface area contributed by atoms with Gasteiger partial charge in [0, 0.05) is 25.7 Å². The van der Waals surface area contributed by atoms with Crippen molar-refractivity contribution in [2.45, 2.75) is 44.1 Å². The van der Waals surface area contributed by atoms with Crippen LogP contribution in [0.1, 0.15) is 44.4 Å². The van der Waals surface area contributed by atoms with Crippen molar-refractivity contribution in [3.05, 3.63) is 42.7 Å². The van der Waals surface area contributed by atoms with E-state index in [2.05, 4.69) is 20.2 Å². The normalized spacial score (nSPS) is 17.3. The third-order valence-electron chi connectivity index (χ3n) is 4.87. The van der Waals surface area contributed by atoms with Gasteiger partial charge in [-0.3, -0.25) is 4.98 Å². The van der Waals surface area contributed by atoms with Crippen molar-refractivity contribution < 1.29 is 9.26 Å². The lowest BCUT2D eigenvalue weighted by Gasteiger charge is -2.26. The van der Waals surface area contributed by atoms with Crippen LogP contribution in [0.15, 0.2) is 41.3 Å². The second-order valence-corrected chi connectivity index (χ2v) is 6.36. The lowest BCUT2D eigenvalue weighted by atomic mass is 9.94. The third kappa shape index (κ3) is 2.95. The third-order valence-corrected chi connectivity index (χ3v) is 4.87. The Morgan fingerprint density at radius 2 is 1.96 bits per heavy atom. The van der Waals surface area contributed by atoms with Crippen LogP contribution in [-0.2, 0) is 10.3 Å². The van der Waals surface area contributed by atoms with Crippen LogP contribution in [0.3, 0.4) is 0 Å². The van der Waals surface area contributed by atoms with E-state index in [0.29, 0.717) is 17.4 Å². The highest BCUT2D eigenvalue weighted by Gasteiger charge is 2.38. The van der Waals surface area contributed by atoms with Gasteiger partial charge in [-0.2, -0.15) is 10.1 Å². The van der Waals surface area contributed by atoms with E-state index < -0.39 is 5.60 Å². The standard InChI is InChI=1S/C18H21N5O2/c1-24-18(9-4-2-3-5-10-18)17-21-16(22-25-17)15-14(8-6-11-19-15)23-13-7-12-20-23/h6-8,11-13H,2-5,9-10H2,1H3. The molecule has 0 spiro atoms. The van der Waals surface area contributed by atoms with Gasteiger partial charge in [0.05, 0.1) is 5.69 Å². The Labute approximate surface area is 146 Å². The fourth-order valence-electron chi connectivity index (χ4n) is 3.47. The maximum Gasteiger partial charge on any atom is 0.259 e. The maximum absolute atomic E-state index is 5.86. The Balaban J connectivity index is 1.73. The summed E-state index contributed by atoms with van der Waals surface area (Å²) in [5.74, 6) is 1.01. The summed E-state index contributed by atoms with van der Waals surface area (Å²) in [5, 5.41) is 8.46. The molecular formula is C18H21N5O2.